The van der Waals surface area contributed by atoms with Crippen LogP contribution in [-0.2, 0) is 14.3 Å². The molecule has 6 heteroatoms. The Morgan fingerprint density at radius 3 is 1.01 bits per heavy atom. The van der Waals surface area contributed by atoms with E-state index in [4.69, 9.17) is 4.74 Å². The van der Waals surface area contributed by atoms with Gasteiger partial charge in [0.1, 0.15) is 0 Å². The zero-order valence-corrected chi connectivity index (χ0v) is 47.3. The lowest BCUT2D eigenvalue weighted by Crippen LogP contribution is -2.45. The molecule has 0 aromatic heterocycles. The van der Waals surface area contributed by atoms with Crippen molar-refractivity contribution in [1.82, 2.24) is 5.32 Å². The summed E-state index contributed by atoms with van der Waals surface area (Å²) in [6.45, 7) is 4.92. The molecule has 70 heavy (non-hydrogen) atoms. The normalized spacial score (nSPS) is 12.7. The number of hydrogen-bond donors (Lipinski definition) is 3. The molecule has 2 atom stereocenters. The van der Waals surface area contributed by atoms with Crippen LogP contribution < -0.4 is 5.32 Å². The third-order valence-electron chi connectivity index (χ3n) is 14.7. The van der Waals surface area contributed by atoms with Gasteiger partial charge in [0.15, 0.2) is 0 Å². The monoisotopic (exact) mass is 986 g/mol. The molecule has 0 saturated carbocycles. The first kappa shape index (κ1) is 68.3. The number of hydrogen-bond acceptors (Lipinski definition) is 5. The van der Waals surface area contributed by atoms with Gasteiger partial charge in [0.05, 0.1) is 25.4 Å². The summed E-state index contributed by atoms with van der Waals surface area (Å²) < 4.78 is 5.49. The molecule has 0 aliphatic carbocycles. The molecule has 0 rings (SSSR count). The highest BCUT2D eigenvalue weighted by molar-refractivity contribution is 5.76. The summed E-state index contributed by atoms with van der Waals surface area (Å²) in [4.78, 5) is 24.5. The maximum atomic E-state index is 12.5. The average Bonchev–Trinajstić information content (AvgIpc) is 3.36. The van der Waals surface area contributed by atoms with Crippen molar-refractivity contribution >= 4 is 11.9 Å². The third kappa shape index (κ3) is 55.7. The van der Waals surface area contributed by atoms with Gasteiger partial charge in [-0.15, -0.1) is 0 Å². The van der Waals surface area contributed by atoms with Gasteiger partial charge in [0.2, 0.25) is 5.91 Å². The molecule has 0 fully saturated rings. The van der Waals surface area contributed by atoms with Gasteiger partial charge in [-0.3, -0.25) is 9.59 Å². The highest BCUT2D eigenvalue weighted by Gasteiger charge is 2.18. The van der Waals surface area contributed by atoms with Crippen LogP contribution in [0, 0.1) is 0 Å². The molecule has 0 saturated heterocycles. The van der Waals surface area contributed by atoms with E-state index in [2.05, 4.69) is 31.3 Å². The molecule has 0 radical (unpaired) electrons. The number of aliphatic hydroxyl groups excluding tert-OH is 2. The first-order chi connectivity index (χ1) is 34.5. The summed E-state index contributed by atoms with van der Waals surface area (Å²) >= 11 is 0. The van der Waals surface area contributed by atoms with Crippen LogP contribution in [0.5, 0.6) is 0 Å². The fourth-order valence-corrected chi connectivity index (χ4v) is 9.87. The molecule has 0 spiro atoms. The van der Waals surface area contributed by atoms with Crippen LogP contribution in [0.25, 0.3) is 0 Å². The first-order valence-electron chi connectivity index (χ1n) is 31.6. The van der Waals surface area contributed by atoms with Crippen molar-refractivity contribution in [3.8, 4) is 0 Å². The lowest BCUT2D eigenvalue weighted by molar-refractivity contribution is -0.143. The lowest BCUT2D eigenvalue weighted by atomic mass is 10.0. The van der Waals surface area contributed by atoms with Gasteiger partial charge in [-0.25, -0.2) is 0 Å². The summed E-state index contributed by atoms with van der Waals surface area (Å²) in [5.74, 6) is -0.0623. The predicted octanol–water partition coefficient (Wildman–Crippen LogP) is 19.8. The van der Waals surface area contributed by atoms with Crippen molar-refractivity contribution in [1.29, 1.82) is 0 Å². The molecule has 6 nitrogen and oxygen atoms in total. The fourth-order valence-electron chi connectivity index (χ4n) is 9.87. The van der Waals surface area contributed by atoms with E-state index in [1.807, 2.05) is 6.08 Å². The Labute approximate surface area is 437 Å². The highest BCUT2D eigenvalue weighted by Crippen LogP contribution is 2.17. The van der Waals surface area contributed by atoms with Gasteiger partial charge in [-0.1, -0.05) is 301 Å². The number of esters is 1. The number of ether oxygens (including phenoxy) is 1. The van der Waals surface area contributed by atoms with Crippen LogP contribution in [0.2, 0.25) is 0 Å². The van der Waals surface area contributed by atoms with E-state index < -0.39 is 12.1 Å². The lowest BCUT2D eigenvalue weighted by Gasteiger charge is -2.20. The summed E-state index contributed by atoms with van der Waals surface area (Å²) in [7, 11) is 0. The van der Waals surface area contributed by atoms with Crippen LogP contribution in [0.1, 0.15) is 348 Å². The first-order valence-corrected chi connectivity index (χ1v) is 31.6. The van der Waals surface area contributed by atoms with Gasteiger partial charge in [-0.05, 0) is 57.8 Å². The molecule has 0 aromatic rings. The average molecular weight is 987 g/mol. The molecule has 0 heterocycles. The minimum absolute atomic E-state index is 0.0114. The Hall–Kier alpha value is -1.66. The van der Waals surface area contributed by atoms with Crippen molar-refractivity contribution in [3.05, 3.63) is 24.3 Å². The maximum Gasteiger partial charge on any atom is 0.305 e. The topological polar surface area (TPSA) is 95.9 Å². The van der Waals surface area contributed by atoms with Gasteiger partial charge in [0, 0.05) is 12.8 Å². The third-order valence-corrected chi connectivity index (χ3v) is 14.7. The largest absolute Gasteiger partial charge is 0.466 e. The van der Waals surface area contributed by atoms with E-state index in [1.165, 1.54) is 276 Å². The zero-order chi connectivity index (χ0) is 50.7. The van der Waals surface area contributed by atoms with E-state index in [9.17, 15) is 19.8 Å². The maximum absolute atomic E-state index is 12.5. The van der Waals surface area contributed by atoms with E-state index >= 15 is 0 Å². The van der Waals surface area contributed by atoms with Crippen LogP contribution in [0.3, 0.4) is 0 Å². The van der Waals surface area contributed by atoms with Gasteiger partial charge >= 0.3 is 5.97 Å². The molecule has 3 N–H and O–H groups in total. The van der Waals surface area contributed by atoms with Gasteiger partial charge in [-0.2, -0.15) is 0 Å². The minimum atomic E-state index is -0.849. The van der Waals surface area contributed by atoms with E-state index in [0.717, 1.165) is 44.9 Å². The molecular weight excluding hydrogens is 863 g/mol. The number of carbonyl (C=O) groups excluding carboxylic acids is 2. The molecule has 1 amide bonds. The number of aliphatic hydroxyl groups is 2. The summed E-state index contributed by atoms with van der Waals surface area (Å²) in [6, 6.07) is -0.633. The Morgan fingerprint density at radius 1 is 0.386 bits per heavy atom. The van der Waals surface area contributed by atoms with Crippen molar-refractivity contribution in [2.75, 3.05) is 13.2 Å². The Morgan fingerprint density at radius 2 is 0.671 bits per heavy atom. The van der Waals surface area contributed by atoms with Crippen molar-refractivity contribution in [2.45, 2.75) is 360 Å². The second-order valence-corrected chi connectivity index (χ2v) is 21.7. The van der Waals surface area contributed by atoms with E-state index in [0.29, 0.717) is 19.4 Å². The van der Waals surface area contributed by atoms with Crippen LogP contribution in [-0.4, -0.2) is 47.4 Å². The number of allylic oxidation sites excluding steroid dienone is 3. The van der Waals surface area contributed by atoms with Crippen LogP contribution in [0.15, 0.2) is 24.3 Å². The number of amides is 1. The van der Waals surface area contributed by atoms with Crippen LogP contribution >= 0.6 is 0 Å². The Balaban J connectivity index is 3.43. The summed E-state index contributed by atoms with van der Waals surface area (Å²) in [5.41, 5.74) is 0. The molecule has 414 valence electrons. The highest BCUT2D eigenvalue weighted by atomic mass is 16.5. The second kappa shape index (κ2) is 59.9. The van der Waals surface area contributed by atoms with Crippen molar-refractivity contribution in [3.63, 3.8) is 0 Å². The Bertz CT molecular complexity index is 1090. The zero-order valence-electron chi connectivity index (χ0n) is 47.3. The van der Waals surface area contributed by atoms with Gasteiger partial charge < -0.3 is 20.3 Å². The van der Waals surface area contributed by atoms with Crippen molar-refractivity contribution in [2.24, 2.45) is 0 Å². The molecule has 0 aromatic carbocycles. The van der Waals surface area contributed by atoms with E-state index in [1.54, 1.807) is 6.08 Å². The Kier molecular flexibility index (Phi) is 58.5. The summed E-state index contributed by atoms with van der Waals surface area (Å²) in [6.07, 6.45) is 73.6. The van der Waals surface area contributed by atoms with Gasteiger partial charge in [0.25, 0.3) is 0 Å². The minimum Gasteiger partial charge on any atom is -0.466 e. The predicted molar refractivity (Wildman–Crippen MR) is 306 cm³/mol. The smallest absolute Gasteiger partial charge is 0.305 e. The molecule has 0 aliphatic rings. The molecule has 2 unspecified atom stereocenters. The number of nitrogens with one attached hydrogen (secondary N) is 1. The van der Waals surface area contributed by atoms with Crippen molar-refractivity contribution < 1.29 is 24.5 Å². The fraction of sp³-hybridized carbons (Fsp3) is 0.906. The number of rotatable bonds is 59. The van der Waals surface area contributed by atoms with E-state index in [-0.39, 0.29) is 18.5 Å². The quantitative estimate of drug-likeness (QED) is 0.0321. The van der Waals surface area contributed by atoms with Crippen LogP contribution in [0.4, 0.5) is 0 Å². The molecule has 0 aliphatic heterocycles. The molecular formula is C64H123NO5. The molecule has 0 bridgehead atoms. The standard InChI is InChI=1S/C64H123NO5/c1-3-5-7-9-11-13-15-17-19-28-32-36-40-44-48-52-56-62(67)61(60-66)65-63(68)57-53-49-45-41-37-33-29-26-24-22-21-23-25-27-31-35-39-43-47-51-55-59-70-64(69)58-54-50-46-42-38-34-30-20-18-16-14-12-10-8-6-4-2/h22,24,52,56,61-62,66-67H,3-21,23,25-51,53-55,57-60H2,1-2H3,(H,65,68)/b24-22-,56-52+. The SMILES string of the molecule is CCCCCCCCCCCCCCCC/C=C/C(O)C(CO)NC(=O)CCCCCCCCC/C=C\CCCCCCCCCCCCOC(=O)CCCCCCCCCCCCCCCCCC. The number of unbranched alkanes of at least 4 members (excludes halogenated alkanes) is 46. The number of carbonyl (C=O) groups is 2. The summed E-state index contributed by atoms with van der Waals surface area (Å²) in [5, 5.41) is 23.1. The second-order valence-electron chi connectivity index (χ2n) is 21.7.